The first kappa shape index (κ1) is 33.8. The van der Waals surface area contributed by atoms with Crippen molar-refractivity contribution in [2.45, 2.75) is 123 Å². The predicted octanol–water partition coefficient (Wildman–Crippen LogP) is 11.2. The average Bonchev–Trinajstić information content (AvgIpc) is 3.00. The minimum absolute atomic E-state index is 0.177. The summed E-state index contributed by atoms with van der Waals surface area (Å²) in [6, 6.07) is 9.74. The minimum Gasteiger partial charge on any atom is -0.490 e. The van der Waals surface area contributed by atoms with Gasteiger partial charge in [-0.15, -0.1) is 0 Å². The fraction of sp³-hybridized carbons (Fsp3) is 0.595. The van der Waals surface area contributed by atoms with Gasteiger partial charge in [0.2, 0.25) is 5.82 Å². The largest absolute Gasteiger partial charge is 0.490 e. The van der Waals surface area contributed by atoms with Crippen LogP contribution in [-0.2, 0) is 6.42 Å². The number of allylic oxidation sites excluding steroid dienone is 2. The normalized spacial score (nSPS) is 17.0. The Morgan fingerprint density at radius 2 is 1.48 bits per heavy atom. The number of hydrogen-bond donors (Lipinski definition) is 0. The Morgan fingerprint density at radius 1 is 0.810 bits per heavy atom. The number of halogens is 2. The Balaban J connectivity index is 1.37. The van der Waals surface area contributed by atoms with Crippen molar-refractivity contribution in [3.05, 3.63) is 71.3 Å². The molecule has 3 rings (SSSR count). The monoisotopic (exact) mass is 582 g/mol. The summed E-state index contributed by atoms with van der Waals surface area (Å²) in [7, 11) is 0. The van der Waals surface area contributed by atoms with Crippen LogP contribution in [0.25, 0.3) is 0 Å². The van der Waals surface area contributed by atoms with Gasteiger partial charge in [0.25, 0.3) is 0 Å². The van der Waals surface area contributed by atoms with Crippen LogP contribution >= 0.6 is 0 Å². The molecule has 3 nitrogen and oxygen atoms in total. The van der Waals surface area contributed by atoms with E-state index in [1.54, 1.807) is 12.1 Å². The molecule has 2 aromatic carbocycles. The molecule has 0 saturated heterocycles. The molecular formula is C37H52F2O3. The molecular weight excluding hydrogens is 530 g/mol. The van der Waals surface area contributed by atoms with E-state index in [1.807, 2.05) is 12.1 Å². The van der Waals surface area contributed by atoms with Crippen LogP contribution in [0.1, 0.15) is 133 Å². The maximum Gasteiger partial charge on any atom is 0.346 e. The number of esters is 1. The second kappa shape index (κ2) is 19.5. The van der Waals surface area contributed by atoms with Crippen LogP contribution in [0.2, 0.25) is 0 Å². The number of unbranched alkanes of at least 4 members (excludes halogenated alkanes) is 8. The lowest BCUT2D eigenvalue weighted by Crippen LogP contribution is -2.13. The second-order valence-corrected chi connectivity index (χ2v) is 12.0. The summed E-state index contributed by atoms with van der Waals surface area (Å²) in [5.74, 6) is -1.56. The van der Waals surface area contributed by atoms with Gasteiger partial charge in [0.15, 0.2) is 11.6 Å². The first-order valence-corrected chi connectivity index (χ1v) is 16.6. The van der Waals surface area contributed by atoms with Gasteiger partial charge in [0.1, 0.15) is 5.75 Å². The summed E-state index contributed by atoms with van der Waals surface area (Å²) in [4.78, 5) is 12.6. The molecule has 0 spiro atoms. The minimum atomic E-state index is -1.24. The first-order chi connectivity index (χ1) is 20.5. The third kappa shape index (κ3) is 11.9. The first-order valence-electron chi connectivity index (χ1n) is 16.6. The summed E-state index contributed by atoms with van der Waals surface area (Å²) >= 11 is 0. The summed E-state index contributed by atoms with van der Waals surface area (Å²) in [6.07, 6.45) is 25.2. The summed E-state index contributed by atoms with van der Waals surface area (Å²) in [5, 5.41) is 0. The smallest absolute Gasteiger partial charge is 0.346 e. The number of aryl methyl sites for hydroxylation is 1. The van der Waals surface area contributed by atoms with Crippen molar-refractivity contribution in [1.82, 2.24) is 0 Å². The van der Waals surface area contributed by atoms with Crippen molar-refractivity contribution in [2.24, 2.45) is 11.8 Å². The molecule has 0 amide bonds. The molecule has 0 aromatic heterocycles. The van der Waals surface area contributed by atoms with Crippen molar-refractivity contribution >= 4 is 5.97 Å². The number of rotatable bonds is 19. The lowest BCUT2D eigenvalue weighted by Gasteiger charge is -2.26. The summed E-state index contributed by atoms with van der Waals surface area (Å²) in [5.41, 5.74) is 0.693. The van der Waals surface area contributed by atoms with E-state index in [2.05, 4.69) is 26.0 Å². The van der Waals surface area contributed by atoms with Gasteiger partial charge in [-0.3, -0.25) is 0 Å². The highest BCUT2D eigenvalue weighted by molar-refractivity contribution is 5.91. The third-order valence-corrected chi connectivity index (χ3v) is 8.52. The van der Waals surface area contributed by atoms with E-state index in [1.165, 1.54) is 89.2 Å². The van der Waals surface area contributed by atoms with Gasteiger partial charge in [-0.25, -0.2) is 9.18 Å². The molecule has 5 heteroatoms. The van der Waals surface area contributed by atoms with Crippen LogP contribution in [-0.4, -0.2) is 12.6 Å². The Kier molecular flexibility index (Phi) is 15.7. The maximum atomic E-state index is 14.7. The summed E-state index contributed by atoms with van der Waals surface area (Å²) < 4.78 is 40.0. The lowest BCUT2D eigenvalue weighted by atomic mass is 9.79. The quantitative estimate of drug-likeness (QED) is 0.0715. The highest BCUT2D eigenvalue weighted by Crippen LogP contribution is 2.33. The molecule has 232 valence electrons. The standard InChI is InChI=1S/C37H52F2O3/c1-3-5-7-8-9-10-14-28-41-34-27-26-33(35(38)36(34)39)37(40)42-32-24-22-31(23-25-32)17-13-12-16-30-20-18-29(19-21-30)15-11-6-4-2/h12,16,22-27,29-30H,3-11,13-15,17-21,28H2,1-2H3/b16-12+. The van der Waals surface area contributed by atoms with Crippen LogP contribution in [0.15, 0.2) is 48.6 Å². The van der Waals surface area contributed by atoms with E-state index in [0.29, 0.717) is 18.3 Å². The van der Waals surface area contributed by atoms with Crippen LogP contribution in [0.3, 0.4) is 0 Å². The molecule has 0 heterocycles. The van der Waals surface area contributed by atoms with Crippen molar-refractivity contribution in [1.29, 1.82) is 0 Å². The molecule has 42 heavy (non-hydrogen) atoms. The highest BCUT2D eigenvalue weighted by atomic mass is 19.2. The van der Waals surface area contributed by atoms with E-state index < -0.39 is 23.2 Å². The maximum absolute atomic E-state index is 14.7. The van der Waals surface area contributed by atoms with Gasteiger partial charge in [0, 0.05) is 0 Å². The average molecular weight is 583 g/mol. The molecule has 0 atom stereocenters. The zero-order valence-electron chi connectivity index (χ0n) is 26.0. The molecule has 0 bridgehead atoms. The molecule has 0 unspecified atom stereocenters. The van der Waals surface area contributed by atoms with E-state index >= 15 is 0 Å². The van der Waals surface area contributed by atoms with Gasteiger partial charge in [-0.1, -0.05) is 102 Å². The number of carbonyl (C=O) groups is 1. The van der Waals surface area contributed by atoms with Gasteiger partial charge >= 0.3 is 5.97 Å². The molecule has 1 saturated carbocycles. The fourth-order valence-corrected chi connectivity index (χ4v) is 5.82. The SMILES string of the molecule is CCCCCCCCCOc1ccc(C(=O)Oc2ccc(CC/C=C/C3CCC(CCCCC)CC3)cc2)c(F)c1F. The number of ether oxygens (including phenoxy) is 2. The molecule has 2 aromatic rings. The van der Waals surface area contributed by atoms with Crippen molar-refractivity contribution in [3.8, 4) is 11.5 Å². The Bertz CT molecular complexity index is 1070. The predicted molar refractivity (Wildman–Crippen MR) is 168 cm³/mol. The van der Waals surface area contributed by atoms with Crippen LogP contribution in [0, 0.1) is 23.5 Å². The van der Waals surface area contributed by atoms with Gasteiger partial charge in [-0.2, -0.15) is 4.39 Å². The molecule has 1 aliphatic rings. The number of hydrogen-bond acceptors (Lipinski definition) is 3. The van der Waals surface area contributed by atoms with E-state index in [4.69, 9.17) is 9.47 Å². The second-order valence-electron chi connectivity index (χ2n) is 12.0. The van der Waals surface area contributed by atoms with Gasteiger partial charge in [-0.05, 0) is 86.6 Å². The highest BCUT2D eigenvalue weighted by Gasteiger charge is 2.21. The Labute approximate surface area is 253 Å². The van der Waals surface area contributed by atoms with Crippen LogP contribution in [0.4, 0.5) is 8.78 Å². The van der Waals surface area contributed by atoms with Gasteiger partial charge in [0.05, 0.1) is 12.2 Å². The third-order valence-electron chi connectivity index (χ3n) is 8.52. The fourth-order valence-electron chi connectivity index (χ4n) is 5.82. The molecule has 0 radical (unpaired) electrons. The van der Waals surface area contributed by atoms with Crippen molar-refractivity contribution in [3.63, 3.8) is 0 Å². The Morgan fingerprint density at radius 3 is 2.19 bits per heavy atom. The molecule has 1 fully saturated rings. The zero-order valence-corrected chi connectivity index (χ0v) is 26.0. The van der Waals surface area contributed by atoms with Crippen LogP contribution in [0.5, 0.6) is 11.5 Å². The molecule has 0 aliphatic heterocycles. The van der Waals surface area contributed by atoms with E-state index in [-0.39, 0.29) is 5.75 Å². The van der Waals surface area contributed by atoms with E-state index in [0.717, 1.165) is 43.6 Å². The summed E-state index contributed by atoms with van der Waals surface area (Å²) in [6.45, 7) is 4.77. The zero-order chi connectivity index (χ0) is 30.0. The number of benzene rings is 2. The van der Waals surface area contributed by atoms with Crippen molar-refractivity contribution in [2.75, 3.05) is 6.61 Å². The van der Waals surface area contributed by atoms with E-state index in [9.17, 15) is 13.6 Å². The lowest BCUT2D eigenvalue weighted by molar-refractivity contribution is 0.0728. The van der Waals surface area contributed by atoms with Gasteiger partial charge < -0.3 is 9.47 Å². The molecule has 1 aliphatic carbocycles. The van der Waals surface area contributed by atoms with Crippen molar-refractivity contribution < 1.29 is 23.0 Å². The topological polar surface area (TPSA) is 35.5 Å². The Hall–Kier alpha value is -2.69. The molecule has 0 N–H and O–H groups in total. The van der Waals surface area contributed by atoms with Crippen LogP contribution < -0.4 is 9.47 Å². The number of carbonyl (C=O) groups excluding carboxylic acids is 1.